The number of carbonyl (C=O) groups excluding carboxylic acids is 1. The lowest BCUT2D eigenvalue weighted by Crippen LogP contribution is -2.49. The molecule has 2 aromatic rings. The van der Waals surface area contributed by atoms with Gasteiger partial charge in [-0.25, -0.2) is 0 Å². The van der Waals surface area contributed by atoms with Crippen molar-refractivity contribution in [3.8, 4) is 5.75 Å². The maximum absolute atomic E-state index is 11.5. The second kappa shape index (κ2) is 8.10. The van der Waals surface area contributed by atoms with Crippen molar-refractivity contribution in [2.45, 2.75) is 38.5 Å². The fourth-order valence-corrected chi connectivity index (χ4v) is 5.07. The average molecular weight is 383 g/mol. The summed E-state index contributed by atoms with van der Waals surface area (Å²) >= 11 is 0. The van der Waals surface area contributed by atoms with Gasteiger partial charge in [0.1, 0.15) is 5.75 Å². The molecule has 0 bridgehead atoms. The summed E-state index contributed by atoms with van der Waals surface area (Å²) in [6.07, 6.45) is 2.16. The second-order valence-corrected chi connectivity index (χ2v) is 8.31. The fourth-order valence-electron chi connectivity index (χ4n) is 5.07. The first kappa shape index (κ1) is 19.2. The van der Waals surface area contributed by atoms with E-state index >= 15 is 0 Å². The van der Waals surface area contributed by atoms with Gasteiger partial charge in [-0.15, -0.1) is 0 Å². The van der Waals surface area contributed by atoms with E-state index in [2.05, 4.69) is 40.5 Å². The summed E-state index contributed by atoms with van der Waals surface area (Å²) in [4.78, 5) is 14.1. The number of rotatable bonds is 5. The Morgan fingerprint density at radius 3 is 2.50 bits per heavy atom. The largest absolute Gasteiger partial charge is 0.497 e. The second-order valence-electron chi connectivity index (χ2n) is 8.31. The number of hydrogen-bond donors (Lipinski definition) is 1. The molecule has 2 aromatic carbocycles. The molecule has 4 rings (SSSR count). The molecule has 1 saturated heterocycles. The van der Waals surface area contributed by atoms with Crippen LogP contribution in [0.25, 0.3) is 10.8 Å². The molecule has 0 unspecified atom stereocenters. The summed E-state index contributed by atoms with van der Waals surface area (Å²) in [6.45, 7) is 4.77. The van der Waals surface area contributed by atoms with Gasteiger partial charge in [-0.05, 0) is 59.2 Å². The minimum absolute atomic E-state index is 0.0353. The molecule has 0 spiro atoms. The number of fused-ring (bicyclic) bond motifs is 2. The summed E-state index contributed by atoms with van der Waals surface area (Å²) in [5.74, 6) is 2.21. The van der Waals surface area contributed by atoms with E-state index in [1.807, 2.05) is 6.07 Å². The molecule has 28 heavy (non-hydrogen) atoms. The van der Waals surface area contributed by atoms with Gasteiger partial charge >= 0.3 is 0 Å². The molecule has 1 aliphatic carbocycles. The van der Waals surface area contributed by atoms with Crippen LogP contribution in [0.3, 0.4) is 0 Å². The molecular weight excluding hydrogens is 352 g/mol. The van der Waals surface area contributed by atoms with Gasteiger partial charge in [0.15, 0.2) is 0 Å². The highest BCUT2D eigenvalue weighted by Crippen LogP contribution is 2.38. The Morgan fingerprint density at radius 2 is 1.79 bits per heavy atom. The van der Waals surface area contributed by atoms with Gasteiger partial charge in [0.2, 0.25) is 5.91 Å². The van der Waals surface area contributed by atoms with Crippen LogP contribution in [0.5, 0.6) is 5.75 Å². The van der Waals surface area contributed by atoms with Crippen LogP contribution >= 0.6 is 0 Å². The smallest absolute Gasteiger partial charge is 0.217 e. The minimum atomic E-state index is 0.0353. The number of likely N-dealkylation sites (tertiary alicyclic amines) is 1. The Bertz CT molecular complexity index is 853. The first-order valence-corrected chi connectivity index (χ1v) is 10.1. The number of benzene rings is 2. The lowest BCUT2D eigenvalue weighted by molar-refractivity contribution is -0.121. The van der Waals surface area contributed by atoms with Crippen LogP contribution in [0.2, 0.25) is 0 Å². The zero-order valence-corrected chi connectivity index (χ0v) is 17.0. The predicted molar refractivity (Wildman–Crippen MR) is 110 cm³/mol. The maximum Gasteiger partial charge on any atom is 0.217 e. The van der Waals surface area contributed by atoms with E-state index in [0.29, 0.717) is 11.8 Å². The van der Waals surface area contributed by atoms with E-state index in [9.17, 15) is 4.79 Å². The van der Waals surface area contributed by atoms with E-state index in [4.69, 9.17) is 9.47 Å². The van der Waals surface area contributed by atoms with Crippen LogP contribution in [-0.2, 0) is 16.1 Å². The summed E-state index contributed by atoms with van der Waals surface area (Å²) < 4.78 is 11.0. The number of nitrogens with zero attached hydrogens (tertiary/aromatic N) is 1. The first-order chi connectivity index (χ1) is 13.6. The van der Waals surface area contributed by atoms with E-state index in [0.717, 1.165) is 38.2 Å². The molecule has 1 heterocycles. The number of amides is 1. The third kappa shape index (κ3) is 4.01. The Kier molecular flexibility index (Phi) is 5.56. The van der Waals surface area contributed by atoms with Gasteiger partial charge in [-0.3, -0.25) is 9.69 Å². The van der Waals surface area contributed by atoms with Gasteiger partial charge in [-0.2, -0.15) is 0 Å². The van der Waals surface area contributed by atoms with Crippen molar-refractivity contribution in [1.82, 2.24) is 10.2 Å². The van der Waals surface area contributed by atoms with Crippen LogP contribution in [-0.4, -0.2) is 50.3 Å². The molecule has 2 fully saturated rings. The van der Waals surface area contributed by atoms with Gasteiger partial charge in [0.25, 0.3) is 0 Å². The van der Waals surface area contributed by atoms with Gasteiger partial charge in [-0.1, -0.05) is 18.2 Å². The normalized spacial score (nSPS) is 27.5. The summed E-state index contributed by atoms with van der Waals surface area (Å²) in [6, 6.07) is 13.1. The summed E-state index contributed by atoms with van der Waals surface area (Å²) in [5.41, 5.74) is 1.35. The Hall–Kier alpha value is -2.11. The van der Waals surface area contributed by atoms with Crippen molar-refractivity contribution in [1.29, 1.82) is 0 Å². The average Bonchev–Trinajstić information content (AvgIpc) is 3.07. The van der Waals surface area contributed by atoms with E-state index in [1.165, 1.54) is 16.3 Å². The van der Waals surface area contributed by atoms with E-state index in [1.54, 1.807) is 21.1 Å². The molecule has 5 nitrogen and oxygen atoms in total. The van der Waals surface area contributed by atoms with Crippen molar-refractivity contribution in [3.63, 3.8) is 0 Å². The van der Waals surface area contributed by atoms with Gasteiger partial charge < -0.3 is 14.8 Å². The number of carbonyl (C=O) groups is 1. The van der Waals surface area contributed by atoms with Crippen molar-refractivity contribution >= 4 is 16.7 Å². The monoisotopic (exact) mass is 382 g/mol. The number of nitrogens with one attached hydrogen (secondary N) is 1. The van der Waals surface area contributed by atoms with Crippen LogP contribution < -0.4 is 10.1 Å². The highest BCUT2D eigenvalue weighted by molar-refractivity contribution is 5.84. The molecule has 1 amide bonds. The third-order valence-corrected chi connectivity index (χ3v) is 6.40. The predicted octanol–water partition coefficient (Wildman–Crippen LogP) is 3.21. The summed E-state index contributed by atoms with van der Waals surface area (Å²) in [5, 5.41) is 5.55. The lowest BCUT2D eigenvalue weighted by Gasteiger charge is -2.37. The first-order valence-electron chi connectivity index (χ1n) is 10.1. The molecular formula is C23H30N2O3. The zero-order chi connectivity index (χ0) is 19.7. The van der Waals surface area contributed by atoms with Crippen molar-refractivity contribution < 1.29 is 14.3 Å². The molecule has 0 aromatic heterocycles. The quantitative estimate of drug-likeness (QED) is 0.863. The topological polar surface area (TPSA) is 50.8 Å². The van der Waals surface area contributed by atoms with Crippen LogP contribution in [0.4, 0.5) is 0 Å². The zero-order valence-electron chi connectivity index (χ0n) is 17.0. The van der Waals surface area contributed by atoms with E-state index in [-0.39, 0.29) is 18.1 Å². The molecule has 5 heteroatoms. The standard InChI is InChI=1S/C23H30N2O3/c1-15(26)24-22-10-19-13-25(14-20(19)11-23(22)28-3)12-16-4-5-18-9-21(27-2)7-6-17(18)8-16/h4-9,19-20,22-23H,10-14H2,1-3H3,(H,24,26)/t19-,20+,22-,23-/m1/s1. The Morgan fingerprint density at radius 1 is 1.07 bits per heavy atom. The number of hydrogen-bond acceptors (Lipinski definition) is 4. The van der Waals surface area contributed by atoms with Crippen molar-refractivity contribution in [3.05, 3.63) is 42.0 Å². The number of ether oxygens (including phenoxy) is 2. The highest BCUT2D eigenvalue weighted by Gasteiger charge is 2.42. The van der Waals surface area contributed by atoms with Gasteiger partial charge in [0, 0.05) is 33.7 Å². The fraction of sp³-hybridized carbons (Fsp3) is 0.522. The number of methoxy groups -OCH3 is 2. The highest BCUT2D eigenvalue weighted by atomic mass is 16.5. The van der Waals surface area contributed by atoms with Crippen molar-refractivity contribution in [2.75, 3.05) is 27.3 Å². The van der Waals surface area contributed by atoms with Crippen LogP contribution in [0, 0.1) is 11.8 Å². The molecule has 2 aliphatic rings. The van der Waals surface area contributed by atoms with Crippen molar-refractivity contribution in [2.24, 2.45) is 11.8 Å². The maximum atomic E-state index is 11.5. The Labute approximate surface area is 167 Å². The van der Waals surface area contributed by atoms with E-state index < -0.39 is 0 Å². The molecule has 4 atom stereocenters. The van der Waals surface area contributed by atoms with Crippen LogP contribution in [0.15, 0.2) is 36.4 Å². The third-order valence-electron chi connectivity index (χ3n) is 6.40. The van der Waals surface area contributed by atoms with Gasteiger partial charge in [0.05, 0.1) is 19.3 Å². The molecule has 1 saturated carbocycles. The van der Waals surface area contributed by atoms with Crippen LogP contribution in [0.1, 0.15) is 25.3 Å². The molecule has 0 radical (unpaired) electrons. The molecule has 150 valence electrons. The summed E-state index contributed by atoms with van der Waals surface area (Å²) in [7, 11) is 3.46. The lowest BCUT2D eigenvalue weighted by atomic mass is 9.77. The molecule has 1 aliphatic heterocycles. The minimum Gasteiger partial charge on any atom is -0.497 e. The molecule has 1 N–H and O–H groups in total. The Balaban J connectivity index is 1.43. The SMILES string of the molecule is COc1ccc2cc(CN3C[C@H]4C[C@@H](NC(C)=O)[C@H](OC)C[C@H]4C3)ccc2c1.